The SMILES string of the molecule is Cc1ccc(C(=O)O[C@@H](C)C(=O)Nc2ccccc2C(F)(F)F)c(O)c1. The Labute approximate surface area is 147 Å². The molecule has 1 atom stereocenters. The first-order valence-electron chi connectivity index (χ1n) is 7.57. The van der Waals surface area contributed by atoms with Crippen LogP contribution in [0.25, 0.3) is 0 Å². The van der Waals surface area contributed by atoms with E-state index in [4.69, 9.17) is 4.74 Å². The number of alkyl halides is 3. The molecule has 5 nitrogen and oxygen atoms in total. The fraction of sp³-hybridized carbons (Fsp3) is 0.222. The summed E-state index contributed by atoms with van der Waals surface area (Å²) in [6.07, 6.45) is -6.01. The predicted molar refractivity (Wildman–Crippen MR) is 87.8 cm³/mol. The van der Waals surface area contributed by atoms with E-state index in [2.05, 4.69) is 5.32 Å². The summed E-state index contributed by atoms with van der Waals surface area (Å²) in [4.78, 5) is 24.1. The fourth-order valence-electron chi connectivity index (χ4n) is 2.17. The van der Waals surface area contributed by atoms with Crippen LogP contribution in [0.3, 0.4) is 0 Å². The molecule has 2 N–H and O–H groups in total. The summed E-state index contributed by atoms with van der Waals surface area (Å²) < 4.78 is 43.8. The van der Waals surface area contributed by atoms with Gasteiger partial charge in [-0.3, -0.25) is 4.79 Å². The van der Waals surface area contributed by atoms with Crippen LogP contribution < -0.4 is 5.32 Å². The van der Waals surface area contributed by atoms with E-state index in [1.54, 1.807) is 13.0 Å². The summed E-state index contributed by atoms with van der Waals surface area (Å²) in [7, 11) is 0. The molecule has 0 fully saturated rings. The van der Waals surface area contributed by atoms with Crippen LogP contribution in [0.15, 0.2) is 42.5 Å². The van der Waals surface area contributed by atoms with Crippen molar-refractivity contribution in [2.45, 2.75) is 26.1 Å². The van der Waals surface area contributed by atoms with Crippen LogP contribution in [0, 0.1) is 6.92 Å². The molecule has 0 heterocycles. The van der Waals surface area contributed by atoms with Crippen LogP contribution in [0.1, 0.15) is 28.4 Å². The highest BCUT2D eigenvalue weighted by Crippen LogP contribution is 2.34. The summed E-state index contributed by atoms with van der Waals surface area (Å²) in [6.45, 7) is 2.93. The van der Waals surface area contributed by atoms with Crippen molar-refractivity contribution >= 4 is 17.6 Å². The number of carbonyl (C=O) groups excluding carboxylic acids is 2. The van der Waals surface area contributed by atoms with Gasteiger partial charge in [-0.25, -0.2) is 4.79 Å². The van der Waals surface area contributed by atoms with Crippen molar-refractivity contribution in [1.29, 1.82) is 0 Å². The van der Waals surface area contributed by atoms with E-state index in [9.17, 15) is 27.9 Å². The van der Waals surface area contributed by atoms with Crippen LogP contribution in [0.4, 0.5) is 18.9 Å². The number of phenolic OH excluding ortho intramolecular Hbond substituents is 1. The van der Waals surface area contributed by atoms with Crippen LogP contribution in [-0.4, -0.2) is 23.1 Å². The predicted octanol–water partition coefficient (Wildman–Crippen LogP) is 3.90. The molecule has 0 unspecified atom stereocenters. The third kappa shape index (κ3) is 4.53. The summed E-state index contributed by atoms with van der Waals surface area (Å²) in [5.74, 6) is -2.21. The number of anilines is 1. The average Bonchev–Trinajstić information content (AvgIpc) is 2.54. The first-order valence-corrected chi connectivity index (χ1v) is 7.57. The van der Waals surface area contributed by atoms with Crippen LogP contribution in [0.2, 0.25) is 0 Å². The minimum atomic E-state index is -4.64. The van der Waals surface area contributed by atoms with Gasteiger partial charge < -0.3 is 15.2 Å². The van der Waals surface area contributed by atoms with E-state index in [1.165, 1.54) is 31.2 Å². The lowest BCUT2D eigenvalue weighted by Gasteiger charge is -2.17. The van der Waals surface area contributed by atoms with Crippen molar-refractivity contribution in [2.75, 3.05) is 5.32 Å². The van der Waals surface area contributed by atoms with Gasteiger partial charge >= 0.3 is 12.1 Å². The number of para-hydroxylation sites is 1. The van der Waals surface area contributed by atoms with Crippen molar-refractivity contribution in [1.82, 2.24) is 0 Å². The molecule has 138 valence electrons. The molecule has 1 amide bonds. The number of rotatable bonds is 4. The normalized spacial score (nSPS) is 12.3. The molecule has 2 aromatic carbocycles. The summed E-state index contributed by atoms with van der Waals surface area (Å²) in [5.41, 5.74) is -0.881. The minimum Gasteiger partial charge on any atom is -0.507 e. The zero-order chi connectivity index (χ0) is 19.5. The molecule has 8 heteroatoms. The number of ether oxygens (including phenoxy) is 1. The summed E-state index contributed by atoms with van der Waals surface area (Å²) >= 11 is 0. The van der Waals surface area contributed by atoms with Gasteiger partial charge in [0.25, 0.3) is 5.91 Å². The van der Waals surface area contributed by atoms with Gasteiger partial charge in [0.15, 0.2) is 6.10 Å². The molecule has 0 aliphatic rings. The molecule has 0 spiro atoms. The van der Waals surface area contributed by atoms with E-state index >= 15 is 0 Å². The molecule has 0 radical (unpaired) electrons. The van der Waals surface area contributed by atoms with Gasteiger partial charge in [-0.1, -0.05) is 18.2 Å². The molecular weight excluding hydrogens is 351 g/mol. The number of benzene rings is 2. The van der Waals surface area contributed by atoms with Gasteiger partial charge in [0.2, 0.25) is 0 Å². The second-order valence-corrected chi connectivity index (χ2v) is 5.60. The number of hydrogen-bond acceptors (Lipinski definition) is 4. The van der Waals surface area contributed by atoms with Gasteiger partial charge in [0.1, 0.15) is 11.3 Å². The van der Waals surface area contributed by atoms with Crippen LogP contribution in [-0.2, 0) is 15.7 Å². The zero-order valence-corrected chi connectivity index (χ0v) is 13.9. The highest BCUT2D eigenvalue weighted by molar-refractivity contribution is 5.98. The van der Waals surface area contributed by atoms with Gasteiger partial charge in [0, 0.05) is 0 Å². The molecule has 2 aromatic rings. The molecule has 26 heavy (non-hydrogen) atoms. The van der Waals surface area contributed by atoms with Gasteiger partial charge in [-0.05, 0) is 43.7 Å². The first-order chi connectivity index (χ1) is 12.1. The van der Waals surface area contributed by atoms with Crippen molar-refractivity contribution in [3.05, 3.63) is 59.2 Å². The topological polar surface area (TPSA) is 75.6 Å². The Kier molecular flexibility index (Phi) is 5.54. The van der Waals surface area contributed by atoms with E-state index in [-0.39, 0.29) is 11.3 Å². The van der Waals surface area contributed by atoms with Gasteiger partial charge in [-0.2, -0.15) is 13.2 Å². The second-order valence-electron chi connectivity index (χ2n) is 5.60. The molecule has 0 aliphatic carbocycles. The summed E-state index contributed by atoms with van der Waals surface area (Å²) in [6, 6.07) is 8.71. The van der Waals surface area contributed by atoms with E-state index in [1.807, 2.05) is 0 Å². The Morgan fingerprint density at radius 2 is 1.81 bits per heavy atom. The maximum Gasteiger partial charge on any atom is 0.418 e. The molecule has 2 rings (SSSR count). The van der Waals surface area contributed by atoms with Gasteiger partial charge in [0.05, 0.1) is 11.3 Å². The molecule has 0 saturated heterocycles. The number of halogens is 3. The lowest BCUT2D eigenvalue weighted by Crippen LogP contribution is -2.30. The van der Waals surface area contributed by atoms with E-state index in [0.717, 1.165) is 12.1 Å². The van der Waals surface area contributed by atoms with Crippen molar-refractivity contribution < 1.29 is 32.6 Å². The Bertz CT molecular complexity index is 833. The number of nitrogens with one attached hydrogen (secondary N) is 1. The number of aromatic hydroxyl groups is 1. The van der Waals surface area contributed by atoms with E-state index < -0.39 is 35.4 Å². The molecule has 0 saturated carbocycles. The van der Waals surface area contributed by atoms with Crippen molar-refractivity contribution in [2.24, 2.45) is 0 Å². The van der Waals surface area contributed by atoms with Crippen molar-refractivity contribution in [3.8, 4) is 5.75 Å². The molecular formula is C18H16F3NO4. The first kappa shape index (κ1) is 19.3. The number of hydrogen-bond donors (Lipinski definition) is 2. The van der Waals surface area contributed by atoms with Crippen LogP contribution >= 0.6 is 0 Å². The third-order valence-electron chi connectivity index (χ3n) is 3.52. The quantitative estimate of drug-likeness (QED) is 0.804. The maximum atomic E-state index is 12.9. The Balaban J connectivity index is 2.10. The second kappa shape index (κ2) is 7.47. The maximum absolute atomic E-state index is 12.9. The fourth-order valence-corrected chi connectivity index (χ4v) is 2.17. The third-order valence-corrected chi connectivity index (χ3v) is 3.52. The number of carbonyl (C=O) groups is 2. The number of esters is 1. The molecule has 0 aliphatic heterocycles. The highest BCUT2D eigenvalue weighted by atomic mass is 19.4. The van der Waals surface area contributed by atoms with Crippen LogP contribution in [0.5, 0.6) is 5.75 Å². The monoisotopic (exact) mass is 367 g/mol. The van der Waals surface area contributed by atoms with Gasteiger partial charge in [-0.15, -0.1) is 0 Å². The van der Waals surface area contributed by atoms with Crippen molar-refractivity contribution in [3.63, 3.8) is 0 Å². The summed E-state index contributed by atoms with van der Waals surface area (Å²) in [5, 5.41) is 11.8. The number of aryl methyl sites for hydroxylation is 1. The smallest absolute Gasteiger partial charge is 0.418 e. The molecule has 0 bridgehead atoms. The lowest BCUT2D eigenvalue weighted by atomic mass is 10.1. The Morgan fingerprint density at radius 1 is 1.15 bits per heavy atom. The molecule has 0 aromatic heterocycles. The minimum absolute atomic E-state index is 0.147. The number of phenols is 1. The highest BCUT2D eigenvalue weighted by Gasteiger charge is 2.34. The van der Waals surface area contributed by atoms with E-state index in [0.29, 0.717) is 5.56 Å². The largest absolute Gasteiger partial charge is 0.507 e. The average molecular weight is 367 g/mol. The Hall–Kier alpha value is -3.03. The lowest BCUT2D eigenvalue weighted by molar-refractivity contribution is -0.137. The number of amides is 1. The standard InChI is InChI=1S/C18H16F3NO4/c1-10-7-8-12(15(23)9-10)17(25)26-11(2)16(24)22-14-6-4-3-5-13(14)18(19,20)21/h3-9,11,23H,1-2H3,(H,22,24)/t11-/m0/s1. The Morgan fingerprint density at radius 3 is 2.42 bits per heavy atom. The zero-order valence-electron chi connectivity index (χ0n) is 13.9.